The first-order valence-electron chi connectivity index (χ1n) is 8.23. The molecule has 22 heavy (non-hydrogen) atoms. The lowest BCUT2D eigenvalue weighted by Crippen LogP contribution is -2.52. The zero-order chi connectivity index (χ0) is 15.1. The number of para-hydroxylation sites is 1. The van der Waals surface area contributed by atoms with Crippen molar-refractivity contribution in [2.75, 3.05) is 19.6 Å². The highest BCUT2D eigenvalue weighted by Crippen LogP contribution is 2.32. The molecule has 0 radical (unpaired) electrons. The summed E-state index contributed by atoms with van der Waals surface area (Å²) in [4.78, 5) is 7.20. The van der Waals surface area contributed by atoms with Gasteiger partial charge in [0.2, 0.25) is 0 Å². The molecule has 2 bridgehead atoms. The Kier molecular flexibility index (Phi) is 3.41. The van der Waals surface area contributed by atoms with E-state index in [1.807, 2.05) is 6.07 Å². The lowest BCUT2D eigenvalue weighted by atomic mass is 9.86. The van der Waals surface area contributed by atoms with Gasteiger partial charge < -0.3 is 4.74 Å². The lowest BCUT2D eigenvalue weighted by Gasteiger charge is -2.44. The van der Waals surface area contributed by atoms with E-state index in [1.165, 1.54) is 25.9 Å². The second-order valence-electron chi connectivity index (χ2n) is 6.53. The van der Waals surface area contributed by atoms with Crippen LogP contribution in [0.3, 0.4) is 0 Å². The van der Waals surface area contributed by atoms with Crippen molar-refractivity contribution in [3.8, 4) is 11.7 Å². The van der Waals surface area contributed by atoms with Crippen molar-refractivity contribution in [2.45, 2.75) is 32.8 Å². The van der Waals surface area contributed by atoms with E-state index in [-0.39, 0.29) is 6.10 Å². The third-order valence-electron chi connectivity index (χ3n) is 5.18. The molecule has 2 aromatic rings. The maximum Gasteiger partial charge on any atom is 0.301 e. The first kappa shape index (κ1) is 13.8. The third kappa shape index (κ3) is 2.31. The van der Waals surface area contributed by atoms with E-state index in [2.05, 4.69) is 52.6 Å². The van der Waals surface area contributed by atoms with Crippen molar-refractivity contribution < 1.29 is 4.74 Å². The zero-order valence-corrected chi connectivity index (χ0v) is 13.3. The average molecular weight is 297 g/mol. The Morgan fingerprint density at radius 2 is 1.82 bits per heavy atom. The summed E-state index contributed by atoms with van der Waals surface area (Å²) in [6, 6.07) is 11.1. The Morgan fingerprint density at radius 1 is 1.09 bits per heavy atom. The average Bonchev–Trinajstić information content (AvgIpc) is 2.84. The molecule has 3 aliphatic rings. The number of aromatic nitrogens is 2. The molecule has 4 heterocycles. The van der Waals surface area contributed by atoms with E-state index >= 15 is 0 Å². The van der Waals surface area contributed by atoms with E-state index < -0.39 is 0 Å². The van der Waals surface area contributed by atoms with Crippen molar-refractivity contribution >= 4 is 0 Å². The lowest BCUT2D eigenvalue weighted by molar-refractivity contribution is -0.0130. The van der Waals surface area contributed by atoms with Gasteiger partial charge in [-0.1, -0.05) is 18.2 Å². The number of hydrogen-bond acceptors (Lipinski definition) is 3. The van der Waals surface area contributed by atoms with Crippen molar-refractivity contribution in [3.05, 3.63) is 41.7 Å². The molecule has 4 nitrogen and oxygen atoms in total. The van der Waals surface area contributed by atoms with Crippen LogP contribution in [-0.2, 0) is 0 Å². The molecule has 1 aromatic carbocycles. The Morgan fingerprint density at radius 3 is 2.45 bits per heavy atom. The summed E-state index contributed by atoms with van der Waals surface area (Å²) in [7, 11) is 0. The molecule has 0 saturated carbocycles. The largest absolute Gasteiger partial charge is 0.459 e. The molecule has 4 heteroatoms. The first-order valence-corrected chi connectivity index (χ1v) is 8.23. The predicted molar refractivity (Wildman–Crippen MR) is 86.6 cm³/mol. The molecule has 3 saturated heterocycles. The fourth-order valence-corrected chi connectivity index (χ4v) is 3.72. The molecule has 116 valence electrons. The van der Waals surface area contributed by atoms with Crippen molar-refractivity contribution in [1.29, 1.82) is 0 Å². The van der Waals surface area contributed by atoms with E-state index in [1.54, 1.807) is 0 Å². The van der Waals surface area contributed by atoms with Gasteiger partial charge in [-0.3, -0.25) is 9.47 Å². The fourth-order valence-electron chi connectivity index (χ4n) is 3.72. The normalized spacial score (nSPS) is 27.1. The molecule has 3 aliphatic heterocycles. The second-order valence-corrected chi connectivity index (χ2v) is 6.53. The molecular formula is C18H23N3O. The van der Waals surface area contributed by atoms with Gasteiger partial charge in [0.05, 0.1) is 11.4 Å². The number of ether oxygens (including phenoxy) is 1. The van der Waals surface area contributed by atoms with E-state index in [0.717, 1.165) is 29.6 Å². The van der Waals surface area contributed by atoms with Gasteiger partial charge in [0, 0.05) is 12.2 Å². The van der Waals surface area contributed by atoms with Crippen molar-refractivity contribution in [1.82, 2.24) is 14.5 Å². The third-order valence-corrected chi connectivity index (χ3v) is 5.18. The summed E-state index contributed by atoms with van der Waals surface area (Å²) in [5.41, 5.74) is 3.32. The van der Waals surface area contributed by atoms with Gasteiger partial charge in [-0.2, -0.15) is 4.98 Å². The molecule has 0 N–H and O–H groups in total. The van der Waals surface area contributed by atoms with E-state index in [9.17, 15) is 0 Å². The number of aryl methyl sites for hydroxylation is 1. The number of imidazole rings is 1. The van der Waals surface area contributed by atoms with Crippen molar-refractivity contribution in [3.63, 3.8) is 0 Å². The minimum Gasteiger partial charge on any atom is -0.459 e. The van der Waals surface area contributed by atoms with Gasteiger partial charge in [-0.15, -0.1) is 0 Å². The Labute approximate surface area is 131 Å². The fraction of sp³-hybridized carbons (Fsp3) is 0.500. The van der Waals surface area contributed by atoms with Crippen LogP contribution < -0.4 is 4.74 Å². The SMILES string of the molecule is Cc1nc(OC2CN3CCC2CC3)n(-c2ccccc2)c1C. The quantitative estimate of drug-likeness (QED) is 0.872. The number of benzene rings is 1. The van der Waals surface area contributed by atoms with E-state index in [4.69, 9.17) is 4.74 Å². The topological polar surface area (TPSA) is 30.3 Å². The number of rotatable bonds is 3. The highest BCUT2D eigenvalue weighted by atomic mass is 16.5. The van der Waals surface area contributed by atoms with Gasteiger partial charge >= 0.3 is 6.01 Å². The molecule has 1 unspecified atom stereocenters. The van der Waals surface area contributed by atoms with Gasteiger partial charge in [-0.05, 0) is 57.8 Å². The van der Waals surface area contributed by atoms with Crippen LogP contribution in [0.25, 0.3) is 5.69 Å². The molecule has 0 amide bonds. The summed E-state index contributed by atoms with van der Waals surface area (Å²) in [6.07, 6.45) is 2.80. The molecule has 1 atom stereocenters. The van der Waals surface area contributed by atoms with Crippen LogP contribution in [-0.4, -0.2) is 40.2 Å². The van der Waals surface area contributed by atoms with Crippen LogP contribution >= 0.6 is 0 Å². The highest BCUT2D eigenvalue weighted by Gasteiger charge is 2.36. The molecule has 5 rings (SSSR count). The highest BCUT2D eigenvalue weighted by molar-refractivity contribution is 5.38. The summed E-state index contributed by atoms with van der Waals surface area (Å²) in [6.45, 7) is 7.67. The first-order chi connectivity index (χ1) is 10.7. The van der Waals surface area contributed by atoms with Gasteiger partial charge in [0.15, 0.2) is 0 Å². The van der Waals surface area contributed by atoms with Gasteiger partial charge in [0.25, 0.3) is 0 Å². The van der Waals surface area contributed by atoms with Gasteiger partial charge in [-0.25, -0.2) is 0 Å². The zero-order valence-electron chi connectivity index (χ0n) is 13.3. The Balaban J connectivity index is 1.66. The molecule has 0 spiro atoms. The molecule has 3 fully saturated rings. The van der Waals surface area contributed by atoms with Crippen LogP contribution in [0.5, 0.6) is 6.01 Å². The summed E-state index contributed by atoms with van der Waals surface area (Å²) >= 11 is 0. The van der Waals surface area contributed by atoms with Crippen LogP contribution in [0, 0.1) is 19.8 Å². The van der Waals surface area contributed by atoms with Crippen LogP contribution in [0.1, 0.15) is 24.2 Å². The standard InChI is InChI=1S/C18H23N3O/c1-13-14(2)21(16-6-4-3-5-7-16)18(19-13)22-17-12-20-10-8-15(17)9-11-20/h3-7,15,17H,8-12H2,1-2H3. The Bertz CT molecular complexity index is 656. The van der Waals surface area contributed by atoms with E-state index in [0.29, 0.717) is 5.92 Å². The number of hydrogen-bond donors (Lipinski definition) is 0. The second kappa shape index (κ2) is 5.43. The molecular weight excluding hydrogens is 274 g/mol. The maximum atomic E-state index is 6.39. The van der Waals surface area contributed by atoms with Gasteiger partial charge in [0.1, 0.15) is 6.10 Å². The van der Waals surface area contributed by atoms with Crippen LogP contribution in [0.15, 0.2) is 30.3 Å². The van der Waals surface area contributed by atoms with Crippen LogP contribution in [0.4, 0.5) is 0 Å². The monoisotopic (exact) mass is 297 g/mol. The summed E-state index contributed by atoms with van der Waals surface area (Å²) in [5.74, 6) is 0.687. The summed E-state index contributed by atoms with van der Waals surface area (Å²) < 4.78 is 8.53. The minimum absolute atomic E-state index is 0.283. The van der Waals surface area contributed by atoms with Crippen LogP contribution in [0.2, 0.25) is 0 Å². The Hall–Kier alpha value is -1.81. The molecule has 1 aromatic heterocycles. The number of fused-ring (bicyclic) bond motifs is 3. The number of nitrogens with zero attached hydrogens (tertiary/aromatic N) is 3. The minimum atomic E-state index is 0.283. The number of piperidine rings is 3. The predicted octanol–water partition coefficient (Wildman–Crippen LogP) is 2.96. The smallest absolute Gasteiger partial charge is 0.301 e. The summed E-state index contributed by atoms with van der Waals surface area (Å²) in [5, 5.41) is 0. The van der Waals surface area contributed by atoms with Crippen molar-refractivity contribution in [2.24, 2.45) is 5.92 Å². The maximum absolute atomic E-state index is 6.39. The molecule has 0 aliphatic carbocycles.